The van der Waals surface area contributed by atoms with Crippen LogP contribution in [0.3, 0.4) is 0 Å². The topological polar surface area (TPSA) is 91.0 Å². The summed E-state index contributed by atoms with van der Waals surface area (Å²) in [5, 5.41) is 14.9. The van der Waals surface area contributed by atoms with E-state index in [1.807, 2.05) is 5.32 Å². The standard InChI is InChI=1S/C19H15ClF5N5O2S/c20-11-1-3-13(4-2-11)33-10-29-8-14(16(28-29)19(23,24)25)17(32)27-7-15(31)30-9-18(21,22)5-12(30)6-26/h1-4,8,12H,5,7,9-10H2,(H,27,32)/t12-/m0/s1. The number of amides is 2. The molecule has 0 radical (unpaired) electrons. The highest BCUT2D eigenvalue weighted by Gasteiger charge is 2.47. The van der Waals surface area contributed by atoms with E-state index in [0.29, 0.717) is 14.8 Å². The minimum atomic E-state index is -4.95. The highest BCUT2D eigenvalue weighted by molar-refractivity contribution is 7.98. The zero-order valence-corrected chi connectivity index (χ0v) is 18.1. The molecule has 14 heteroatoms. The van der Waals surface area contributed by atoms with Gasteiger partial charge in [0.05, 0.1) is 30.6 Å². The quantitative estimate of drug-likeness (QED) is 0.474. The Hall–Kier alpha value is -2.85. The van der Waals surface area contributed by atoms with E-state index in [1.165, 1.54) is 0 Å². The molecule has 33 heavy (non-hydrogen) atoms. The minimum absolute atomic E-state index is 0.0520. The largest absolute Gasteiger partial charge is 0.435 e. The second-order valence-corrected chi connectivity index (χ2v) is 8.52. The van der Waals surface area contributed by atoms with Gasteiger partial charge in [-0.05, 0) is 24.3 Å². The fraction of sp³-hybridized carbons (Fsp3) is 0.368. The number of benzene rings is 1. The number of rotatable bonds is 6. The summed E-state index contributed by atoms with van der Waals surface area (Å²) in [6, 6.07) is 6.73. The molecule has 1 saturated heterocycles. The van der Waals surface area contributed by atoms with Gasteiger partial charge in [0.15, 0.2) is 5.69 Å². The van der Waals surface area contributed by atoms with Gasteiger partial charge in [-0.25, -0.2) is 8.78 Å². The van der Waals surface area contributed by atoms with Crippen LogP contribution in [0.1, 0.15) is 22.5 Å². The number of hydrogen-bond acceptors (Lipinski definition) is 5. The first kappa shape index (κ1) is 24.8. The number of nitrogens with zero attached hydrogens (tertiary/aromatic N) is 4. The molecule has 1 aromatic carbocycles. The Kier molecular flexibility index (Phi) is 7.18. The van der Waals surface area contributed by atoms with Crippen LogP contribution in [0.15, 0.2) is 35.4 Å². The van der Waals surface area contributed by atoms with E-state index in [1.54, 1.807) is 30.3 Å². The number of hydrogen-bond donors (Lipinski definition) is 1. The van der Waals surface area contributed by atoms with E-state index in [0.717, 1.165) is 22.6 Å². The van der Waals surface area contributed by atoms with Crippen LogP contribution in [-0.2, 0) is 16.8 Å². The summed E-state index contributed by atoms with van der Waals surface area (Å²) in [6.07, 6.45) is -4.91. The van der Waals surface area contributed by atoms with Gasteiger partial charge in [-0.2, -0.15) is 23.5 Å². The number of nitriles is 1. The van der Waals surface area contributed by atoms with Gasteiger partial charge < -0.3 is 10.2 Å². The number of carbonyl (C=O) groups is 2. The molecule has 176 valence electrons. The Morgan fingerprint density at radius 3 is 2.58 bits per heavy atom. The molecule has 1 fully saturated rings. The molecule has 1 aliphatic rings. The van der Waals surface area contributed by atoms with E-state index < -0.39 is 60.7 Å². The number of halogens is 6. The van der Waals surface area contributed by atoms with E-state index in [-0.39, 0.29) is 5.88 Å². The van der Waals surface area contributed by atoms with Crippen molar-refractivity contribution in [3.8, 4) is 6.07 Å². The summed E-state index contributed by atoms with van der Waals surface area (Å²) in [5.41, 5.74) is -2.28. The third-order valence-electron chi connectivity index (χ3n) is 4.59. The average molecular weight is 508 g/mol. The molecule has 0 unspecified atom stereocenters. The van der Waals surface area contributed by atoms with Gasteiger partial charge in [0.1, 0.15) is 6.04 Å². The Bertz CT molecular complexity index is 1080. The second kappa shape index (κ2) is 9.56. The normalized spacial score (nSPS) is 17.6. The maximum absolute atomic E-state index is 13.5. The van der Waals surface area contributed by atoms with Crippen LogP contribution >= 0.6 is 23.4 Å². The predicted molar refractivity (Wildman–Crippen MR) is 108 cm³/mol. The summed E-state index contributed by atoms with van der Waals surface area (Å²) in [4.78, 5) is 25.8. The summed E-state index contributed by atoms with van der Waals surface area (Å²) in [5.74, 6) is -5.57. The Morgan fingerprint density at radius 1 is 1.30 bits per heavy atom. The second-order valence-electron chi connectivity index (χ2n) is 7.07. The van der Waals surface area contributed by atoms with Crippen LogP contribution in [0.5, 0.6) is 0 Å². The van der Waals surface area contributed by atoms with Crippen molar-refractivity contribution in [1.82, 2.24) is 20.0 Å². The first-order chi connectivity index (χ1) is 15.4. The van der Waals surface area contributed by atoms with Crippen molar-refractivity contribution in [2.75, 3.05) is 13.1 Å². The lowest BCUT2D eigenvalue weighted by Gasteiger charge is -2.19. The molecular weight excluding hydrogens is 493 g/mol. The zero-order valence-electron chi connectivity index (χ0n) is 16.6. The molecule has 0 spiro atoms. The number of nitrogens with one attached hydrogen (secondary N) is 1. The average Bonchev–Trinajstić information content (AvgIpc) is 3.32. The SMILES string of the molecule is N#C[C@@H]1CC(F)(F)CN1C(=O)CNC(=O)c1cn(CSc2ccc(Cl)cc2)nc1C(F)(F)F. The van der Waals surface area contributed by atoms with Crippen molar-refractivity contribution in [3.63, 3.8) is 0 Å². The molecular formula is C19H15ClF5N5O2S. The Balaban J connectivity index is 1.69. The van der Waals surface area contributed by atoms with E-state index >= 15 is 0 Å². The van der Waals surface area contributed by atoms with Gasteiger partial charge in [-0.15, -0.1) is 11.8 Å². The molecule has 0 bridgehead atoms. The molecule has 0 aliphatic carbocycles. The molecule has 0 saturated carbocycles. The first-order valence-electron chi connectivity index (χ1n) is 9.28. The molecule has 1 atom stereocenters. The number of likely N-dealkylation sites (tertiary alicyclic amines) is 1. The summed E-state index contributed by atoms with van der Waals surface area (Å²) < 4.78 is 68.0. The number of carbonyl (C=O) groups excluding carboxylic acids is 2. The maximum Gasteiger partial charge on any atom is 0.435 e. The lowest BCUT2D eigenvalue weighted by Crippen LogP contribution is -2.43. The molecule has 1 aromatic heterocycles. The molecule has 2 heterocycles. The smallest absolute Gasteiger partial charge is 0.343 e. The minimum Gasteiger partial charge on any atom is -0.343 e. The van der Waals surface area contributed by atoms with Crippen molar-refractivity contribution in [3.05, 3.63) is 46.7 Å². The van der Waals surface area contributed by atoms with Gasteiger partial charge in [0, 0.05) is 22.5 Å². The lowest BCUT2D eigenvalue weighted by molar-refractivity contribution is -0.141. The highest BCUT2D eigenvalue weighted by atomic mass is 35.5. The van der Waals surface area contributed by atoms with Crippen LogP contribution in [0.2, 0.25) is 5.02 Å². The monoisotopic (exact) mass is 507 g/mol. The Morgan fingerprint density at radius 2 is 1.97 bits per heavy atom. The van der Waals surface area contributed by atoms with Crippen molar-refractivity contribution < 1.29 is 31.5 Å². The van der Waals surface area contributed by atoms with E-state index in [2.05, 4.69) is 5.10 Å². The van der Waals surface area contributed by atoms with Crippen LogP contribution in [0, 0.1) is 11.3 Å². The number of alkyl halides is 5. The third kappa shape index (κ3) is 6.14. The molecule has 2 aromatic rings. The molecule has 7 nitrogen and oxygen atoms in total. The summed E-state index contributed by atoms with van der Waals surface area (Å²) in [7, 11) is 0. The fourth-order valence-corrected chi connectivity index (χ4v) is 3.95. The third-order valence-corrected chi connectivity index (χ3v) is 5.84. The highest BCUT2D eigenvalue weighted by Crippen LogP contribution is 2.33. The van der Waals surface area contributed by atoms with Gasteiger partial charge in [0.25, 0.3) is 11.8 Å². The van der Waals surface area contributed by atoms with Crippen molar-refractivity contribution in [2.24, 2.45) is 0 Å². The molecule has 3 rings (SSSR count). The first-order valence-corrected chi connectivity index (χ1v) is 10.6. The van der Waals surface area contributed by atoms with Crippen LogP contribution in [0.25, 0.3) is 0 Å². The molecule has 1 aliphatic heterocycles. The number of aromatic nitrogens is 2. The van der Waals surface area contributed by atoms with Crippen LogP contribution in [-0.4, -0.2) is 51.5 Å². The van der Waals surface area contributed by atoms with Gasteiger partial charge >= 0.3 is 6.18 Å². The lowest BCUT2D eigenvalue weighted by atomic mass is 10.2. The van der Waals surface area contributed by atoms with E-state index in [9.17, 15) is 31.5 Å². The van der Waals surface area contributed by atoms with Crippen molar-refractivity contribution in [1.29, 1.82) is 5.26 Å². The zero-order chi connectivity index (χ0) is 24.4. The molecule has 1 N–H and O–H groups in total. The molecule has 2 amide bonds. The Labute approximate surface area is 193 Å². The van der Waals surface area contributed by atoms with Crippen molar-refractivity contribution in [2.45, 2.75) is 35.3 Å². The number of thioether (sulfide) groups is 1. The van der Waals surface area contributed by atoms with Crippen LogP contribution < -0.4 is 5.32 Å². The summed E-state index contributed by atoms with van der Waals surface area (Å²) >= 11 is 6.93. The van der Waals surface area contributed by atoms with Gasteiger partial charge in [-0.3, -0.25) is 14.3 Å². The predicted octanol–water partition coefficient (Wildman–Crippen LogP) is 3.79. The fourth-order valence-electron chi connectivity index (χ4n) is 3.08. The summed E-state index contributed by atoms with van der Waals surface area (Å²) in [6.45, 7) is -1.86. The van der Waals surface area contributed by atoms with Crippen molar-refractivity contribution >= 4 is 35.2 Å². The van der Waals surface area contributed by atoms with Gasteiger partial charge in [0.2, 0.25) is 5.91 Å². The van der Waals surface area contributed by atoms with Gasteiger partial charge in [-0.1, -0.05) is 11.6 Å². The maximum atomic E-state index is 13.5. The van der Waals surface area contributed by atoms with E-state index in [4.69, 9.17) is 16.9 Å². The van der Waals surface area contributed by atoms with Crippen LogP contribution in [0.4, 0.5) is 22.0 Å².